The first kappa shape index (κ1) is 22.6. The molecule has 32 heavy (non-hydrogen) atoms. The van der Waals surface area contributed by atoms with Gasteiger partial charge in [0.1, 0.15) is 23.3 Å². The molecule has 164 valence electrons. The molecule has 0 bridgehead atoms. The van der Waals surface area contributed by atoms with Gasteiger partial charge in [-0.25, -0.2) is 4.70 Å². The normalized spacial score (nSPS) is 18.6. The molecule has 0 aromatic heterocycles. The number of halogens is 1. The maximum absolute atomic E-state index is 10.4. The predicted molar refractivity (Wildman–Crippen MR) is 125 cm³/mol. The molecule has 11 heteroatoms. The lowest BCUT2D eigenvalue weighted by Gasteiger charge is -2.19. The minimum absolute atomic E-state index is 0. The van der Waals surface area contributed by atoms with E-state index in [2.05, 4.69) is 0 Å². The van der Waals surface area contributed by atoms with E-state index in [1.807, 2.05) is 0 Å². The van der Waals surface area contributed by atoms with Gasteiger partial charge in [0.25, 0.3) is 11.4 Å². The van der Waals surface area contributed by atoms with Crippen LogP contribution in [0.4, 0.5) is 0 Å². The SMILES string of the molecule is Cl.[N-]=[N+]1C2=C1C(c1cc(C(=N)N)cc(C(=N)N)c1)CC2c1cc(C(=N)N)cc(C(=N)N)c1. The summed E-state index contributed by atoms with van der Waals surface area (Å²) >= 11 is 0. The standard InChI is InChI=1S/C21H22N10.ClH/c22-18(23)10-1-8(2-11(5-10)19(24)25)14-7-15(17-16(14)31(17)30)9-3-12(20(26)27)6-13(4-9)21(28)29;/h1-6,14-15H,7H2,(H3,22,23)(H3,24,25)(H3,26,27)(H3,28,29);1H. The molecule has 0 fully saturated rings. The highest BCUT2D eigenvalue weighted by Gasteiger charge is 2.56. The minimum atomic E-state index is -0.191. The highest BCUT2D eigenvalue weighted by Crippen LogP contribution is 2.57. The molecule has 10 nitrogen and oxygen atoms in total. The van der Waals surface area contributed by atoms with Crippen molar-refractivity contribution in [3.8, 4) is 0 Å². The van der Waals surface area contributed by atoms with Crippen molar-refractivity contribution in [3.63, 3.8) is 0 Å². The summed E-state index contributed by atoms with van der Waals surface area (Å²) in [6.07, 6.45) is 0.610. The number of piperidine rings is 1. The highest BCUT2D eigenvalue weighted by molar-refractivity contribution is 6.01. The molecule has 0 saturated carbocycles. The van der Waals surface area contributed by atoms with Crippen LogP contribution in [0.25, 0.3) is 5.53 Å². The molecule has 0 spiro atoms. The number of nitrogens with zero attached hydrogens (tertiary/aromatic N) is 2. The Morgan fingerprint density at radius 1 is 0.656 bits per heavy atom. The monoisotopic (exact) mass is 450 g/mol. The van der Waals surface area contributed by atoms with Crippen LogP contribution in [0.2, 0.25) is 0 Å². The fourth-order valence-electron chi connectivity index (χ4n) is 4.21. The number of rotatable bonds is 6. The van der Waals surface area contributed by atoms with Gasteiger partial charge in [0.05, 0.1) is 11.8 Å². The summed E-state index contributed by atoms with van der Waals surface area (Å²) < 4.78 is 1.14. The van der Waals surface area contributed by atoms with Gasteiger partial charge in [-0.15, -0.1) is 12.4 Å². The first-order chi connectivity index (χ1) is 14.6. The van der Waals surface area contributed by atoms with Crippen LogP contribution in [-0.2, 0) is 0 Å². The lowest BCUT2D eigenvalue weighted by Crippen LogP contribution is -2.18. The third kappa shape index (κ3) is 3.71. The number of nitrogen functional groups attached to an aromatic ring is 4. The quantitative estimate of drug-likeness (QED) is 0.187. The Bertz CT molecular complexity index is 1100. The van der Waals surface area contributed by atoms with Gasteiger partial charge in [-0.1, -0.05) is 0 Å². The topological polar surface area (TPSA) is 225 Å². The van der Waals surface area contributed by atoms with E-state index in [1.54, 1.807) is 36.4 Å². The summed E-state index contributed by atoms with van der Waals surface area (Å²) in [5.41, 5.74) is 38.0. The van der Waals surface area contributed by atoms with E-state index in [-0.39, 0.29) is 47.6 Å². The van der Waals surface area contributed by atoms with E-state index in [4.69, 9.17) is 44.6 Å². The van der Waals surface area contributed by atoms with Gasteiger partial charge in [-0.2, -0.15) is 0 Å². The molecule has 4 rings (SSSR count). The predicted octanol–water partition coefficient (Wildman–Crippen LogP) is 1.78. The van der Waals surface area contributed by atoms with Gasteiger partial charge in [0.15, 0.2) is 0 Å². The van der Waals surface area contributed by atoms with Gasteiger partial charge < -0.3 is 28.5 Å². The van der Waals surface area contributed by atoms with Crippen LogP contribution >= 0.6 is 12.4 Å². The first-order valence-electron chi connectivity index (χ1n) is 9.49. The van der Waals surface area contributed by atoms with Crippen molar-refractivity contribution in [2.75, 3.05) is 0 Å². The van der Waals surface area contributed by atoms with E-state index in [1.165, 1.54) is 0 Å². The molecule has 1 aliphatic heterocycles. The van der Waals surface area contributed by atoms with Crippen LogP contribution in [-0.4, -0.2) is 28.0 Å². The molecule has 2 aromatic carbocycles. The molecule has 2 unspecified atom stereocenters. The van der Waals surface area contributed by atoms with Crippen molar-refractivity contribution in [3.05, 3.63) is 86.7 Å². The van der Waals surface area contributed by atoms with Crippen molar-refractivity contribution in [2.45, 2.75) is 18.3 Å². The Labute approximate surface area is 190 Å². The summed E-state index contributed by atoms with van der Waals surface area (Å²) in [5.74, 6) is -0.918. The number of nitrogens with two attached hydrogens (primary N) is 4. The van der Waals surface area contributed by atoms with Crippen LogP contribution in [0, 0.1) is 21.6 Å². The molecule has 0 radical (unpaired) electrons. The Balaban J connectivity index is 0.00000289. The zero-order chi connectivity index (χ0) is 22.6. The fourth-order valence-corrected chi connectivity index (χ4v) is 4.21. The van der Waals surface area contributed by atoms with Crippen molar-refractivity contribution < 1.29 is 4.70 Å². The summed E-state index contributed by atoms with van der Waals surface area (Å²) in [4.78, 5) is 0. The molecule has 2 atom stereocenters. The van der Waals surface area contributed by atoms with Crippen molar-refractivity contribution >= 4 is 35.7 Å². The zero-order valence-corrected chi connectivity index (χ0v) is 17.8. The molecule has 2 aliphatic rings. The molecule has 0 amide bonds. The summed E-state index contributed by atoms with van der Waals surface area (Å²) in [5, 5.41) is 31.1. The smallest absolute Gasteiger partial charge is 0.251 e. The molecular formula is C21H23ClN10. The van der Waals surface area contributed by atoms with E-state index in [9.17, 15) is 5.53 Å². The molecule has 2 aromatic rings. The van der Waals surface area contributed by atoms with Gasteiger partial charge in [-0.3, -0.25) is 21.6 Å². The highest BCUT2D eigenvalue weighted by atomic mass is 35.5. The summed E-state index contributed by atoms with van der Waals surface area (Å²) in [7, 11) is 0. The third-order valence-corrected chi connectivity index (χ3v) is 5.76. The lowest BCUT2D eigenvalue weighted by molar-refractivity contribution is -0.364. The summed E-state index contributed by atoms with van der Waals surface area (Å²) in [6, 6.07) is 10.3. The molecule has 1 aliphatic carbocycles. The Morgan fingerprint density at radius 2 is 0.938 bits per heavy atom. The van der Waals surface area contributed by atoms with Crippen LogP contribution in [0.3, 0.4) is 0 Å². The maximum Gasteiger partial charge on any atom is 0.251 e. The molecule has 12 N–H and O–H groups in total. The number of hydrogen-bond donors (Lipinski definition) is 8. The number of nitrogens with one attached hydrogen (secondary N) is 4. The molecular weight excluding hydrogens is 428 g/mol. The minimum Gasteiger partial charge on any atom is -0.493 e. The van der Waals surface area contributed by atoms with Crippen LogP contribution in [0.1, 0.15) is 51.6 Å². The average Bonchev–Trinajstić information content (AvgIpc) is 3.20. The second-order valence-electron chi connectivity index (χ2n) is 7.77. The van der Waals surface area contributed by atoms with Crippen LogP contribution < -0.4 is 22.9 Å². The average molecular weight is 451 g/mol. The van der Waals surface area contributed by atoms with Gasteiger partial charge in [-0.05, 0) is 53.9 Å². The zero-order valence-electron chi connectivity index (χ0n) is 16.9. The van der Waals surface area contributed by atoms with Gasteiger partial charge >= 0.3 is 0 Å². The van der Waals surface area contributed by atoms with Crippen molar-refractivity contribution in [1.82, 2.24) is 0 Å². The van der Waals surface area contributed by atoms with Gasteiger partial charge in [0.2, 0.25) is 0 Å². The van der Waals surface area contributed by atoms with E-state index in [0.717, 1.165) is 27.2 Å². The summed E-state index contributed by atoms with van der Waals surface area (Å²) in [6.45, 7) is 0. The number of hydrogen-bond acceptors (Lipinski definition) is 4. The largest absolute Gasteiger partial charge is 0.493 e. The van der Waals surface area contributed by atoms with Crippen molar-refractivity contribution in [1.29, 1.82) is 21.6 Å². The maximum atomic E-state index is 10.4. The molecule has 1 heterocycles. The number of benzene rings is 2. The Kier molecular flexibility index (Phi) is 5.58. The van der Waals surface area contributed by atoms with E-state index < -0.39 is 0 Å². The van der Waals surface area contributed by atoms with Crippen molar-refractivity contribution in [2.24, 2.45) is 22.9 Å². The second-order valence-corrected chi connectivity index (χ2v) is 7.77. The number of amidine groups is 4. The third-order valence-electron chi connectivity index (χ3n) is 5.76. The van der Waals surface area contributed by atoms with E-state index in [0.29, 0.717) is 28.7 Å². The Hall–Kier alpha value is -4.05. The first-order valence-corrected chi connectivity index (χ1v) is 9.49. The van der Waals surface area contributed by atoms with Crippen LogP contribution in [0.15, 0.2) is 47.8 Å². The van der Waals surface area contributed by atoms with Gasteiger partial charge in [0, 0.05) is 22.3 Å². The molecule has 0 saturated heterocycles. The number of allylic oxidation sites excluding steroid dienone is 2. The fraction of sp³-hybridized carbons (Fsp3) is 0.143. The Morgan fingerprint density at radius 3 is 1.19 bits per heavy atom. The van der Waals surface area contributed by atoms with E-state index >= 15 is 0 Å². The lowest BCUT2D eigenvalue weighted by atomic mass is 9.86. The van der Waals surface area contributed by atoms with Crippen LogP contribution in [0.5, 0.6) is 0 Å². The second kappa shape index (κ2) is 7.89.